The molecule has 0 aliphatic rings. The Bertz CT molecular complexity index is 2070. The van der Waals surface area contributed by atoms with Crippen molar-refractivity contribution in [2.45, 2.75) is 6.92 Å². The van der Waals surface area contributed by atoms with Gasteiger partial charge in [0.05, 0.1) is 32.0 Å². The number of aromatic amines is 1. The highest BCUT2D eigenvalue weighted by molar-refractivity contribution is 6.12. The Balaban J connectivity index is 1.38. The number of nitrogens with one attached hydrogen (secondary N) is 3. The Morgan fingerprint density at radius 1 is 0.800 bits per heavy atom. The van der Waals surface area contributed by atoms with Gasteiger partial charge >= 0.3 is 0 Å². The van der Waals surface area contributed by atoms with E-state index in [0.29, 0.717) is 51.8 Å². The fourth-order valence-electron chi connectivity index (χ4n) is 5.15. The van der Waals surface area contributed by atoms with E-state index in [1.807, 2.05) is 31.2 Å². The van der Waals surface area contributed by atoms with Gasteiger partial charge in [0.25, 0.3) is 11.4 Å². The molecule has 0 saturated heterocycles. The number of fused-ring (bicyclic) bond motifs is 4. The number of rotatable bonds is 7. The van der Waals surface area contributed by atoms with Crippen molar-refractivity contribution in [2.75, 3.05) is 23.7 Å². The monoisotopic (exact) mass is 534 g/mol. The van der Waals surface area contributed by atoms with Crippen molar-refractivity contribution in [3.63, 3.8) is 0 Å². The SMILES string of the molecule is Cc1ccc([N+](=O)[O-])c2c(NCCNc3ccc([N+](=O)[O-])c4[nH]c5ccccc5c(=O)c34)c3ccccc3nc12. The van der Waals surface area contributed by atoms with Crippen molar-refractivity contribution in [3.8, 4) is 0 Å². The van der Waals surface area contributed by atoms with Crippen molar-refractivity contribution < 1.29 is 9.85 Å². The predicted octanol–water partition coefficient (Wildman–Crippen LogP) is 6.03. The number of para-hydroxylation sites is 2. The van der Waals surface area contributed by atoms with Crippen LogP contribution in [0.1, 0.15) is 5.56 Å². The molecule has 0 atom stereocenters. The molecule has 0 fully saturated rings. The Morgan fingerprint density at radius 3 is 2.25 bits per heavy atom. The lowest BCUT2D eigenvalue weighted by atomic mass is 10.0. The normalized spacial score (nSPS) is 11.3. The molecule has 4 aromatic carbocycles. The fourth-order valence-corrected chi connectivity index (χ4v) is 5.15. The average molecular weight is 535 g/mol. The Kier molecular flexibility index (Phi) is 5.95. The number of anilines is 2. The van der Waals surface area contributed by atoms with Gasteiger partial charge in [-0.3, -0.25) is 25.0 Å². The minimum absolute atomic E-state index is 0.0471. The number of H-pyrrole nitrogens is 1. The van der Waals surface area contributed by atoms with Crippen LogP contribution < -0.4 is 16.1 Å². The number of aromatic nitrogens is 2. The third-order valence-electron chi connectivity index (χ3n) is 6.99. The van der Waals surface area contributed by atoms with Crippen LogP contribution in [0.15, 0.2) is 77.6 Å². The van der Waals surface area contributed by atoms with E-state index in [4.69, 9.17) is 4.98 Å². The number of aryl methyl sites for hydroxylation is 1. The molecule has 6 rings (SSSR count). The van der Waals surface area contributed by atoms with Crippen molar-refractivity contribution in [1.29, 1.82) is 0 Å². The second-order valence-electron chi connectivity index (χ2n) is 9.38. The molecule has 0 saturated carbocycles. The van der Waals surface area contributed by atoms with E-state index in [-0.39, 0.29) is 27.7 Å². The van der Waals surface area contributed by atoms with Crippen molar-refractivity contribution in [3.05, 3.63) is 109 Å². The van der Waals surface area contributed by atoms with Crippen LogP contribution in [0.4, 0.5) is 22.7 Å². The molecular formula is C29H22N6O5. The highest BCUT2D eigenvalue weighted by atomic mass is 16.6. The third-order valence-corrected chi connectivity index (χ3v) is 6.99. The van der Waals surface area contributed by atoms with Gasteiger partial charge in [-0.05, 0) is 36.8 Å². The Hall–Kier alpha value is -5.58. The molecule has 0 bridgehead atoms. The van der Waals surface area contributed by atoms with E-state index in [0.717, 1.165) is 10.9 Å². The molecule has 40 heavy (non-hydrogen) atoms. The predicted molar refractivity (Wildman–Crippen MR) is 156 cm³/mol. The standard InChI is InChI=1S/C29H22N6O5/c1-16-10-12-22(34(37)38)25-26(16)32-19-8-4-2-6-17(19)27(25)31-15-14-30-21-11-13-23(35(39)40)28-24(21)29(36)18-7-3-5-9-20(18)33-28/h2-13,30H,14-15H2,1H3,(H,31,32)(H,33,36). The molecule has 0 aliphatic carbocycles. The molecule has 6 aromatic rings. The summed E-state index contributed by atoms with van der Waals surface area (Å²) in [5.41, 5.74) is 3.19. The van der Waals surface area contributed by atoms with Crippen LogP contribution in [0.25, 0.3) is 43.6 Å². The van der Waals surface area contributed by atoms with E-state index in [1.165, 1.54) is 18.2 Å². The molecule has 2 aromatic heterocycles. The maximum Gasteiger partial charge on any atom is 0.293 e. The Labute approximate surface area is 225 Å². The first-order chi connectivity index (χ1) is 19.3. The van der Waals surface area contributed by atoms with Crippen LogP contribution in [-0.2, 0) is 0 Å². The number of hydrogen-bond acceptors (Lipinski definition) is 8. The lowest BCUT2D eigenvalue weighted by molar-refractivity contribution is -0.383. The van der Waals surface area contributed by atoms with E-state index in [9.17, 15) is 25.0 Å². The Morgan fingerprint density at radius 2 is 1.48 bits per heavy atom. The summed E-state index contributed by atoms with van der Waals surface area (Å²) in [6, 6.07) is 20.3. The molecule has 0 aliphatic heterocycles. The summed E-state index contributed by atoms with van der Waals surface area (Å²) >= 11 is 0. The van der Waals surface area contributed by atoms with Gasteiger partial charge in [0.2, 0.25) is 0 Å². The quantitative estimate of drug-likeness (QED) is 0.0970. The minimum atomic E-state index is -0.521. The molecular weight excluding hydrogens is 512 g/mol. The van der Waals surface area contributed by atoms with E-state index in [1.54, 1.807) is 30.3 Å². The lowest BCUT2D eigenvalue weighted by Crippen LogP contribution is -2.16. The first-order valence-corrected chi connectivity index (χ1v) is 12.5. The molecule has 0 spiro atoms. The van der Waals surface area contributed by atoms with Gasteiger partial charge in [0.1, 0.15) is 10.9 Å². The summed E-state index contributed by atoms with van der Waals surface area (Å²) in [4.78, 5) is 43.8. The van der Waals surface area contributed by atoms with Gasteiger partial charge < -0.3 is 15.6 Å². The summed E-state index contributed by atoms with van der Waals surface area (Å²) in [7, 11) is 0. The molecule has 0 radical (unpaired) electrons. The maximum atomic E-state index is 13.4. The summed E-state index contributed by atoms with van der Waals surface area (Å²) in [5.74, 6) is 0. The van der Waals surface area contributed by atoms with Crippen molar-refractivity contribution >= 4 is 66.4 Å². The molecule has 198 valence electrons. The number of pyridine rings is 2. The van der Waals surface area contributed by atoms with Gasteiger partial charge in [-0.25, -0.2) is 4.98 Å². The number of nitrogens with zero attached hydrogens (tertiary/aromatic N) is 3. The topological polar surface area (TPSA) is 156 Å². The van der Waals surface area contributed by atoms with Crippen LogP contribution >= 0.6 is 0 Å². The van der Waals surface area contributed by atoms with Crippen LogP contribution in [0.3, 0.4) is 0 Å². The second kappa shape index (κ2) is 9.62. The maximum absolute atomic E-state index is 13.4. The summed E-state index contributed by atoms with van der Waals surface area (Å²) in [6.07, 6.45) is 0. The number of nitro groups is 2. The third kappa shape index (κ3) is 4.00. The van der Waals surface area contributed by atoms with Crippen LogP contribution in [0.5, 0.6) is 0 Å². The van der Waals surface area contributed by atoms with Crippen LogP contribution in [0.2, 0.25) is 0 Å². The molecule has 11 nitrogen and oxygen atoms in total. The number of non-ortho nitro benzene ring substituents is 2. The largest absolute Gasteiger partial charge is 0.383 e. The summed E-state index contributed by atoms with van der Waals surface area (Å²) in [6.45, 7) is 2.51. The first kappa shape index (κ1) is 24.7. The van der Waals surface area contributed by atoms with E-state index in [2.05, 4.69) is 15.6 Å². The van der Waals surface area contributed by atoms with Gasteiger partial charge in [-0.15, -0.1) is 0 Å². The zero-order valence-electron chi connectivity index (χ0n) is 21.2. The van der Waals surface area contributed by atoms with E-state index < -0.39 is 9.85 Å². The smallest absolute Gasteiger partial charge is 0.293 e. The molecule has 11 heteroatoms. The van der Waals surface area contributed by atoms with Gasteiger partial charge in [-0.1, -0.05) is 36.4 Å². The summed E-state index contributed by atoms with van der Waals surface area (Å²) < 4.78 is 0. The van der Waals surface area contributed by atoms with Crippen molar-refractivity contribution in [2.24, 2.45) is 0 Å². The minimum Gasteiger partial charge on any atom is -0.383 e. The molecule has 2 heterocycles. The van der Waals surface area contributed by atoms with Crippen LogP contribution in [-0.4, -0.2) is 32.9 Å². The molecule has 0 unspecified atom stereocenters. The highest BCUT2D eigenvalue weighted by Crippen LogP contribution is 2.38. The van der Waals surface area contributed by atoms with Crippen LogP contribution in [0, 0.1) is 27.2 Å². The molecule has 0 amide bonds. The lowest BCUT2D eigenvalue weighted by Gasteiger charge is -2.15. The van der Waals surface area contributed by atoms with Gasteiger partial charge in [-0.2, -0.15) is 0 Å². The van der Waals surface area contributed by atoms with Crippen molar-refractivity contribution in [1.82, 2.24) is 9.97 Å². The summed E-state index contributed by atoms with van der Waals surface area (Å²) in [5, 5.41) is 32.0. The zero-order valence-corrected chi connectivity index (χ0v) is 21.2. The zero-order chi connectivity index (χ0) is 28.0. The van der Waals surface area contributed by atoms with E-state index >= 15 is 0 Å². The second-order valence-corrected chi connectivity index (χ2v) is 9.38. The fraction of sp³-hybridized carbons (Fsp3) is 0.103. The average Bonchev–Trinajstić information content (AvgIpc) is 2.95. The number of hydrogen-bond donors (Lipinski definition) is 3. The number of benzene rings is 4. The van der Waals surface area contributed by atoms with Gasteiger partial charge in [0.15, 0.2) is 5.43 Å². The highest BCUT2D eigenvalue weighted by Gasteiger charge is 2.21. The first-order valence-electron chi connectivity index (χ1n) is 12.5. The molecule has 3 N–H and O–H groups in total. The van der Waals surface area contributed by atoms with Gasteiger partial charge in [0, 0.05) is 47.2 Å². The number of nitro benzene ring substituents is 2.